The van der Waals surface area contributed by atoms with Crippen LogP contribution in [0.25, 0.3) is 22.0 Å². The lowest BCUT2D eigenvalue weighted by molar-refractivity contribution is 0.0879. The third kappa shape index (κ3) is 4.15. The van der Waals surface area contributed by atoms with Gasteiger partial charge in [-0.1, -0.05) is 39.0 Å². The third-order valence-electron chi connectivity index (χ3n) is 7.11. The molecule has 0 bridgehead atoms. The summed E-state index contributed by atoms with van der Waals surface area (Å²) in [5.41, 5.74) is 2.86. The lowest BCUT2D eigenvalue weighted by Gasteiger charge is -2.36. The van der Waals surface area contributed by atoms with Crippen LogP contribution in [0.2, 0.25) is 18.1 Å². The molecule has 0 saturated carbocycles. The second-order valence-electron chi connectivity index (χ2n) is 10.1. The number of halogens is 1. The number of benzene rings is 2. The van der Waals surface area contributed by atoms with Crippen LogP contribution in [0.15, 0.2) is 34.8 Å². The van der Waals surface area contributed by atoms with Crippen molar-refractivity contribution in [2.24, 2.45) is 0 Å². The second-order valence-corrected chi connectivity index (χ2v) is 15.7. The SMILES string of the molecule is COc1ccccc1-c1cc2c(c(Br)c(C=O)n2CCO[Si](C)(C)C(C)(C)C)c2c1C(=O)NC2=O. The minimum Gasteiger partial charge on any atom is -0.496 e. The third-order valence-corrected chi connectivity index (χ3v) is 12.4. The molecule has 7 nitrogen and oxygen atoms in total. The quantitative estimate of drug-likeness (QED) is 0.226. The molecule has 1 N–H and O–H groups in total. The van der Waals surface area contributed by atoms with Gasteiger partial charge in [0, 0.05) is 23.1 Å². The molecule has 9 heteroatoms. The van der Waals surface area contributed by atoms with Gasteiger partial charge in [-0.25, -0.2) is 0 Å². The summed E-state index contributed by atoms with van der Waals surface area (Å²) < 4.78 is 14.3. The first-order valence-electron chi connectivity index (χ1n) is 11.4. The summed E-state index contributed by atoms with van der Waals surface area (Å²) in [6.45, 7) is 11.7. The maximum atomic E-state index is 12.9. The predicted molar refractivity (Wildman–Crippen MR) is 142 cm³/mol. The van der Waals surface area contributed by atoms with Crippen molar-refractivity contribution in [3.63, 3.8) is 0 Å². The van der Waals surface area contributed by atoms with E-state index in [9.17, 15) is 14.4 Å². The van der Waals surface area contributed by atoms with Crippen molar-refractivity contribution >= 4 is 53.3 Å². The molecule has 2 amide bonds. The Morgan fingerprint density at radius 3 is 2.37 bits per heavy atom. The first kappa shape index (κ1) is 25.3. The largest absolute Gasteiger partial charge is 0.496 e. The smallest absolute Gasteiger partial charge is 0.259 e. The highest BCUT2D eigenvalue weighted by molar-refractivity contribution is 9.10. The molecule has 1 aliphatic rings. The number of carbonyl (C=O) groups excluding carboxylic acids is 3. The van der Waals surface area contributed by atoms with Crippen molar-refractivity contribution in [2.45, 2.75) is 45.4 Å². The predicted octanol–water partition coefficient (Wildman–Crippen LogP) is 5.80. The van der Waals surface area contributed by atoms with Crippen molar-refractivity contribution < 1.29 is 23.5 Å². The number of rotatable bonds is 7. The number of carbonyl (C=O) groups is 3. The zero-order valence-electron chi connectivity index (χ0n) is 20.7. The summed E-state index contributed by atoms with van der Waals surface area (Å²) in [6, 6.07) is 9.20. The monoisotopic (exact) mass is 556 g/mol. The fourth-order valence-electron chi connectivity index (χ4n) is 4.22. The number of imide groups is 1. The van der Waals surface area contributed by atoms with Crippen molar-refractivity contribution in [3.8, 4) is 16.9 Å². The van der Waals surface area contributed by atoms with E-state index in [1.807, 2.05) is 28.8 Å². The van der Waals surface area contributed by atoms with Gasteiger partial charge < -0.3 is 13.7 Å². The number of aromatic nitrogens is 1. The molecule has 3 aromatic rings. The van der Waals surface area contributed by atoms with E-state index in [4.69, 9.17) is 9.16 Å². The van der Waals surface area contributed by atoms with E-state index in [0.29, 0.717) is 51.1 Å². The van der Waals surface area contributed by atoms with Crippen LogP contribution >= 0.6 is 15.9 Å². The molecule has 0 atom stereocenters. The van der Waals surface area contributed by atoms with Crippen LogP contribution in [0, 0.1) is 0 Å². The van der Waals surface area contributed by atoms with Crippen LogP contribution in [-0.4, -0.2) is 44.7 Å². The Balaban J connectivity index is 1.94. The highest BCUT2D eigenvalue weighted by Crippen LogP contribution is 2.43. The molecule has 0 spiro atoms. The van der Waals surface area contributed by atoms with Crippen molar-refractivity contribution in [2.75, 3.05) is 13.7 Å². The summed E-state index contributed by atoms with van der Waals surface area (Å²) in [5.74, 6) is -0.379. The van der Waals surface area contributed by atoms with Crippen LogP contribution < -0.4 is 10.1 Å². The molecule has 0 unspecified atom stereocenters. The van der Waals surface area contributed by atoms with E-state index in [-0.39, 0.29) is 16.2 Å². The fraction of sp³-hybridized carbons (Fsp3) is 0.346. The number of ether oxygens (including phenoxy) is 1. The van der Waals surface area contributed by atoms with E-state index in [1.54, 1.807) is 13.2 Å². The van der Waals surface area contributed by atoms with E-state index in [1.165, 1.54) is 0 Å². The minimum absolute atomic E-state index is 0.0517. The molecule has 0 radical (unpaired) electrons. The number of fused-ring (bicyclic) bond motifs is 3. The molecule has 1 aliphatic heterocycles. The fourth-order valence-corrected chi connectivity index (χ4v) is 5.96. The van der Waals surface area contributed by atoms with Crippen molar-refractivity contribution in [3.05, 3.63) is 51.6 Å². The van der Waals surface area contributed by atoms with Gasteiger partial charge in [-0.3, -0.25) is 19.7 Å². The number of hydrogen-bond donors (Lipinski definition) is 1. The number of hydrogen-bond acceptors (Lipinski definition) is 5. The van der Waals surface area contributed by atoms with Gasteiger partial charge >= 0.3 is 0 Å². The zero-order chi connectivity index (χ0) is 25.7. The zero-order valence-corrected chi connectivity index (χ0v) is 23.3. The normalized spacial score (nSPS) is 13.8. The highest BCUT2D eigenvalue weighted by Gasteiger charge is 2.38. The molecular weight excluding hydrogens is 528 g/mol. The standard InChI is InChI=1S/C26H29BrN2O5Si/c1-26(2,3)35(5,6)34-12-11-29-17-13-16(15-9-7-8-10-19(15)33-4)20-22(25(32)28-24(20)31)21(17)23(27)18(29)14-30/h7-10,13-14H,11-12H2,1-6H3,(H,28,31,32). The van der Waals surface area contributed by atoms with Gasteiger partial charge in [0.05, 0.1) is 40.5 Å². The number of methoxy groups -OCH3 is 1. The maximum Gasteiger partial charge on any atom is 0.259 e. The molecule has 184 valence electrons. The Hall–Kier alpha value is -2.75. The molecule has 0 aliphatic carbocycles. The molecule has 1 aromatic heterocycles. The van der Waals surface area contributed by atoms with E-state index in [2.05, 4.69) is 55.1 Å². The Morgan fingerprint density at radius 1 is 1.09 bits per heavy atom. The Labute approximate surface area is 214 Å². The average molecular weight is 558 g/mol. The van der Waals surface area contributed by atoms with Crippen LogP contribution in [-0.2, 0) is 11.0 Å². The summed E-state index contributed by atoms with van der Waals surface area (Å²) in [6.07, 6.45) is 0.764. The number of aldehydes is 1. The molecule has 2 aromatic carbocycles. The molecular formula is C26H29BrN2O5Si. The second kappa shape index (κ2) is 9.04. The van der Waals surface area contributed by atoms with Gasteiger partial charge in [-0.15, -0.1) is 0 Å². The number of amides is 2. The topological polar surface area (TPSA) is 86.6 Å². The van der Waals surface area contributed by atoms with E-state index < -0.39 is 20.1 Å². The van der Waals surface area contributed by atoms with E-state index in [0.717, 1.165) is 6.29 Å². The molecule has 4 rings (SSSR count). The molecule has 0 fully saturated rings. The maximum absolute atomic E-state index is 12.9. The Morgan fingerprint density at radius 2 is 1.74 bits per heavy atom. The van der Waals surface area contributed by atoms with E-state index >= 15 is 0 Å². The lowest BCUT2D eigenvalue weighted by Crippen LogP contribution is -2.41. The van der Waals surface area contributed by atoms with Crippen LogP contribution in [0.3, 0.4) is 0 Å². The van der Waals surface area contributed by atoms with Crippen LogP contribution in [0.4, 0.5) is 0 Å². The van der Waals surface area contributed by atoms with Crippen molar-refractivity contribution in [1.82, 2.24) is 9.88 Å². The minimum atomic E-state index is -2.00. The number of nitrogens with one attached hydrogen (secondary N) is 1. The molecule has 35 heavy (non-hydrogen) atoms. The molecule has 2 heterocycles. The van der Waals surface area contributed by atoms with Gasteiger partial charge in [-0.05, 0) is 46.2 Å². The first-order valence-corrected chi connectivity index (χ1v) is 15.1. The Kier molecular flexibility index (Phi) is 6.54. The summed E-state index contributed by atoms with van der Waals surface area (Å²) >= 11 is 3.54. The van der Waals surface area contributed by atoms with Gasteiger partial charge in [0.15, 0.2) is 14.6 Å². The van der Waals surface area contributed by atoms with Gasteiger partial charge in [0.2, 0.25) is 0 Å². The summed E-state index contributed by atoms with van der Waals surface area (Å²) in [7, 11) is -0.438. The summed E-state index contributed by atoms with van der Waals surface area (Å²) in [4.78, 5) is 38.0. The molecule has 0 saturated heterocycles. The number of nitrogens with zero attached hydrogens (tertiary/aromatic N) is 1. The lowest BCUT2D eigenvalue weighted by atomic mass is 9.93. The highest BCUT2D eigenvalue weighted by atomic mass is 79.9. The van der Waals surface area contributed by atoms with Crippen LogP contribution in [0.5, 0.6) is 5.75 Å². The number of para-hydroxylation sites is 1. The van der Waals surface area contributed by atoms with Gasteiger partial charge in [-0.2, -0.15) is 0 Å². The van der Waals surface area contributed by atoms with Gasteiger partial charge in [0.25, 0.3) is 11.8 Å². The van der Waals surface area contributed by atoms with Crippen LogP contribution in [0.1, 0.15) is 52.0 Å². The van der Waals surface area contributed by atoms with Crippen molar-refractivity contribution in [1.29, 1.82) is 0 Å². The average Bonchev–Trinajstić information content (AvgIpc) is 3.24. The van der Waals surface area contributed by atoms with Gasteiger partial charge in [0.1, 0.15) is 5.75 Å². The first-order chi connectivity index (χ1) is 16.4. The Bertz CT molecular complexity index is 1370. The summed E-state index contributed by atoms with van der Waals surface area (Å²) in [5, 5.41) is 3.01.